The van der Waals surface area contributed by atoms with Gasteiger partial charge in [-0.3, -0.25) is 0 Å². The molecule has 0 saturated carbocycles. The summed E-state index contributed by atoms with van der Waals surface area (Å²) >= 11 is 0. The molecule has 0 aromatic heterocycles. The molecule has 1 aliphatic rings. The van der Waals surface area contributed by atoms with Gasteiger partial charge in [0.1, 0.15) is 23.5 Å². The molecule has 0 radical (unpaired) electrons. The molecule has 1 heterocycles. The fraction of sp³-hybridized carbons (Fsp3) is 1.00. The third-order valence-corrected chi connectivity index (χ3v) is 4.23. The van der Waals surface area contributed by atoms with Gasteiger partial charge in [-0.1, -0.05) is 18.6 Å². The van der Waals surface area contributed by atoms with Gasteiger partial charge in [0.25, 0.3) is 0 Å². The number of rotatable bonds is 3. The van der Waals surface area contributed by atoms with Crippen LogP contribution in [0.15, 0.2) is 0 Å². The average molecular weight is 191 g/mol. The van der Waals surface area contributed by atoms with E-state index in [0.717, 1.165) is 5.94 Å². The third-order valence-electron chi connectivity index (χ3n) is 4.23. The van der Waals surface area contributed by atoms with Crippen molar-refractivity contribution in [1.82, 2.24) is 4.90 Å². The van der Waals surface area contributed by atoms with Gasteiger partial charge in [0.15, 0.2) is 0 Å². The summed E-state index contributed by atoms with van der Waals surface area (Å²) in [5.74, 6) is 0.726. The van der Waals surface area contributed by atoms with E-state index >= 15 is 0 Å². The smallest absolute Gasteiger partial charge is 0.122 e. The van der Waals surface area contributed by atoms with E-state index in [1.54, 1.807) is 0 Å². The lowest BCUT2D eigenvalue weighted by molar-refractivity contribution is 0.126. The van der Waals surface area contributed by atoms with E-state index < -0.39 is 0 Å². The first-order valence-corrected chi connectivity index (χ1v) is 6.08. The SMILES string of the molecule is BC1N(C(C)(C)CCC)CCC1(B)B. The second-order valence-corrected chi connectivity index (χ2v) is 6.17. The third kappa shape index (κ3) is 2.21. The zero-order chi connectivity index (χ0) is 11.0. The highest BCUT2D eigenvalue weighted by molar-refractivity contribution is 6.44. The maximum Gasteiger partial charge on any atom is 0.122 e. The highest BCUT2D eigenvalue weighted by Gasteiger charge is 2.42. The maximum atomic E-state index is 2.70. The molecule has 0 aromatic rings. The van der Waals surface area contributed by atoms with E-state index in [9.17, 15) is 0 Å². The second kappa shape index (κ2) is 3.96. The molecule has 14 heavy (non-hydrogen) atoms. The van der Waals surface area contributed by atoms with E-state index in [0.29, 0.717) is 10.8 Å². The minimum absolute atomic E-state index is 0.391. The second-order valence-electron chi connectivity index (χ2n) is 6.17. The van der Waals surface area contributed by atoms with E-state index in [1.165, 1.54) is 25.8 Å². The van der Waals surface area contributed by atoms with Crippen molar-refractivity contribution in [3.8, 4) is 0 Å². The Morgan fingerprint density at radius 2 is 2.00 bits per heavy atom. The van der Waals surface area contributed by atoms with E-state index in [4.69, 9.17) is 0 Å². The van der Waals surface area contributed by atoms with Crippen molar-refractivity contribution in [1.29, 1.82) is 0 Å². The Morgan fingerprint density at radius 3 is 2.36 bits per heavy atom. The van der Waals surface area contributed by atoms with Crippen molar-refractivity contribution >= 4 is 23.5 Å². The van der Waals surface area contributed by atoms with Gasteiger partial charge in [-0.25, -0.2) is 0 Å². The van der Waals surface area contributed by atoms with Crippen LogP contribution in [0.4, 0.5) is 0 Å². The predicted octanol–water partition coefficient (Wildman–Crippen LogP) is -0.388. The predicted molar refractivity (Wildman–Crippen MR) is 72.4 cm³/mol. The fourth-order valence-electron chi connectivity index (χ4n) is 2.82. The minimum atomic E-state index is 0.391. The molecule has 0 amide bonds. The molecule has 0 spiro atoms. The molecule has 4 heteroatoms. The largest absolute Gasteiger partial charge is 0.304 e. The molecule has 1 nitrogen and oxygen atoms in total. The maximum absolute atomic E-state index is 2.70. The van der Waals surface area contributed by atoms with Gasteiger partial charge >= 0.3 is 0 Å². The molecule has 0 bridgehead atoms. The monoisotopic (exact) mass is 191 g/mol. The lowest BCUT2D eigenvalue weighted by atomic mass is 9.46. The van der Waals surface area contributed by atoms with E-state index in [2.05, 4.69) is 49.2 Å². The van der Waals surface area contributed by atoms with Gasteiger partial charge in [0, 0.05) is 5.54 Å². The normalized spacial score (nSPS) is 28.1. The summed E-state index contributed by atoms with van der Waals surface area (Å²) in [6.45, 7) is 8.36. The van der Waals surface area contributed by atoms with Crippen molar-refractivity contribution in [2.24, 2.45) is 0 Å². The van der Waals surface area contributed by atoms with Crippen LogP contribution in [0.3, 0.4) is 0 Å². The topological polar surface area (TPSA) is 3.24 Å². The fourth-order valence-corrected chi connectivity index (χ4v) is 2.82. The van der Waals surface area contributed by atoms with Crippen LogP contribution in [0, 0.1) is 0 Å². The summed E-state index contributed by atoms with van der Waals surface area (Å²) in [6, 6.07) is 0. The Balaban J connectivity index is 2.71. The minimum Gasteiger partial charge on any atom is -0.304 e. The summed E-state index contributed by atoms with van der Waals surface area (Å²) in [7, 11) is 7.20. The number of hydrogen-bond acceptors (Lipinski definition) is 1. The number of nitrogens with zero attached hydrogens (tertiary/aromatic N) is 1. The van der Waals surface area contributed by atoms with E-state index in [1.807, 2.05) is 0 Å². The van der Waals surface area contributed by atoms with Crippen LogP contribution in [-0.2, 0) is 0 Å². The summed E-state index contributed by atoms with van der Waals surface area (Å²) in [5, 5.41) is 0.505. The molecule has 1 unspecified atom stereocenters. The summed E-state index contributed by atoms with van der Waals surface area (Å²) in [6.07, 6.45) is 3.95. The lowest BCUT2D eigenvalue weighted by Gasteiger charge is -2.42. The molecule has 1 fully saturated rings. The zero-order valence-electron chi connectivity index (χ0n) is 10.9. The summed E-state index contributed by atoms with van der Waals surface area (Å²) in [4.78, 5) is 2.70. The molecule has 1 atom stereocenters. The van der Waals surface area contributed by atoms with Crippen molar-refractivity contribution in [3.05, 3.63) is 0 Å². The summed E-state index contributed by atoms with van der Waals surface area (Å²) < 4.78 is 0. The van der Waals surface area contributed by atoms with E-state index in [-0.39, 0.29) is 0 Å². The first kappa shape index (κ1) is 12.2. The van der Waals surface area contributed by atoms with Crippen LogP contribution in [-0.4, -0.2) is 46.5 Å². The van der Waals surface area contributed by atoms with Crippen LogP contribution < -0.4 is 0 Å². The quantitative estimate of drug-likeness (QED) is 0.549. The Kier molecular flexibility index (Phi) is 3.46. The van der Waals surface area contributed by atoms with Crippen LogP contribution in [0.5, 0.6) is 0 Å². The first-order valence-electron chi connectivity index (χ1n) is 6.08. The van der Waals surface area contributed by atoms with Gasteiger partial charge in [-0.2, -0.15) is 0 Å². The highest BCUT2D eigenvalue weighted by atomic mass is 15.2. The molecule has 78 valence electrons. The number of likely N-dealkylation sites (tertiary alicyclic amines) is 1. The molecule has 0 N–H and O–H groups in total. The standard InChI is InChI=1S/C10H24B3N/c1-4-5-9(2,3)14-7-6-10(12,13)8(14)11/h8H,4-7,11-13H2,1-3H3. The van der Waals surface area contributed by atoms with Crippen LogP contribution in [0.2, 0.25) is 5.21 Å². The van der Waals surface area contributed by atoms with Gasteiger partial charge in [-0.15, -0.1) is 0 Å². The van der Waals surface area contributed by atoms with Gasteiger partial charge < -0.3 is 4.90 Å². The Bertz CT molecular complexity index is 204. The molecule has 0 aliphatic carbocycles. The summed E-state index contributed by atoms with van der Waals surface area (Å²) in [5.41, 5.74) is 0.391. The van der Waals surface area contributed by atoms with Gasteiger partial charge in [0.2, 0.25) is 0 Å². The first-order chi connectivity index (χ1) is 6.31. The van der Waals surface area contributed by atoms with Crippen LogP contribution >= 0.6 is 0 Å². The van der Waals surface area contributed by atoms with Gasteiger partial charge in [-0.05, 0) is 39.2 Å². The van der Waals surface area contributed by atoms with Crippen LogP contribution in [0.1, 0.15) is 40.0 Å². The number of hydrogen-bond donors (Lipinski definition) is 0. The molecule has 1 rings (SSSR count). The zero-order valence-corrected chi connectivity index (χ0v) is 10.9. The Hall–Kier alpha value is 0.155. The highest BCUT2D eigenvalue weighted by Crippen LogP contribution is 2.40. The van der Waals surface area contributed by atoms with Crippen molar-refractivity contribution in [3.63, 3.8) is 0 Å². The molecular weight excluding hydrogens is 167 g/mol. The van der Waals surface area contributed by atoms with Crippen molar-refractivity contribution in [2.75, 3.05) is 6.54 Å². The molecule has 1 saturated heterocycles. The average Bonchev–Trinajstić information content (AvgIpc) is 2.27. The Morgan fingerprint density at radius 1 is 1.43 bits per heavy atom. The molecule has 1 aliphatic heterocycles. The van der Waals surface area contributed by atoms with Crippen molar-refractivity contribution in [2.45, 2.75) is 56.7 Å². The Labute approximate surface area is 92.2 Å². The molecule has 0 aromatic carbocycles. The lowest BCUT2D eigenvalue weighted by Crippen LogP contribution is -2.49. The van der Waals surface area contributed by atoms with Crippen LogP contribution in [0.25, 0.3) is 0 Å². The van der Waals surface area contributed by atoms with Gasteiger partial charge in [0.05, 0.1) is 0 Å². The molecular formula is C10H24B3N. The van der Waals surface area contributed by atoms with Crippen molar-refractivity contribution < 1.29 is 0 Å².